The van der Waals surface area contributed by atoms with Crippen LogP contribution in [-0.2, 0) is 0 Å². The largest absolute Gasteiger partial charge is 0.478 e. The number of nitrogens with two attached hydrogens (primary N) is 2. The Morgan fingerprint density at radius 1 is 0.600 bits per heavy atom. The molecule has 0 spiro atoms. The van der Waals surface area contributed by atoms with E-state index in [1.807, 2.05) is 0 Å². The number of benzene rings is 2. The molecule has 0 aliphatic heterocycles. The Kier molecular flexibility index (Phi) is 9.79. The molecule has 0 atom stereocenters. The van der Waals surface area contributed by atoms with Crippen LogP contribution in [0, 0.1) is 14.3 Å². The second-order valence-electron chi connectivity index (χ2n) is 5.25. The molecule has 2 aromatic carbocycles. The van der Waals surface area contributed by atoms with Crippen LogP contribution in [-0.4, -0.2) is 44.3 Å². The summed E-state index contributed by atoms with van der Waals surface area (Å²) >= 11 is 7.04. The van der Waals surface area contributed by atoms with Gasteiger partial charge in [0.05, 0.1) is 38.7 Å². The summed E-state index contributed by atoms with van der Waals surface area (Å²) in [6, 6.07) is 2.38. The molecule has 0 radical (unpaired) electrons. The molecule has 0 saturated carbocycles. The lowest BCUT2D eigenvalue weighted by Gasteiger charge is -2.08. The Morgan fingerprint density at radius 2 is 0.967 bits per heavy atom. The van der Waals surface area contributed by atoms with Crippen LogP contribution in [0.25, 0.3) is 0 Å². The smallest absolute Gasteiger partial charge is 0.337 e. The van der Waals surface area contributed by atoms with Crippen molar-refractivity contribution in [3.8, 4) is 0 Å². The van der Waals surface area contributed by atoms with Gasteiger partial charge in [-0.1, -0.05) is 0 Å². The van der Waals surface area contributed by atoms with E-state index in [4.69, 9.17) is 31.9 Å². The first kappa shape index (κ1) is 26.9. The highest BCUT2D eigenvalue weighted by molar-refractivity contribution is 14.1. The van der Waals surface area contributed by atoms with Gasteiger partial charge in [0, 0.05) is 9.26 Å². The van der Waals surface area contributed by atoms with E-state index < -0.39 is 23.9 Å². The minimum Gasteiger partial charge on any atom is -0.478 e. The van der Waals surface area contributed by atoms with Crippen LogP contribution >= 0.6 is 90.4 Å². The van der Waals surface area contributed by atoms with Gasteiger partial charge in [0.2, 0.25) is 0 Å². The summed E-state index contributed by atoms with van der Waals surface area (Å²) in [5.41, 5.74) is 11.2. The van der Waals surface area contributed by atoms with Gasteiger partial charge >= 0.3 is 23.9 Å². The fourth-order valence-electron chi connectivity index (χ4n) is 1.97. The Bertz CT molecular complexity index is 1030. The first-order chi connectivity index (χ1) is 13.7. The summed E-state index contributed by atoms with van der Waals surface area (Å²) in [6.07, 6.45) is 0. The van der Waals surface area contributed by atoms with Crippen molar-refractivity contribution in [3.63, 3.8) is 0 Å². The first-order valence-corrected chi connectivity index (χ1v) is 11.5. The number of nitrogen functional groups attached to an aromatic ring is 2. The molecule has 0 fully saturated rings. The van der Waals surface area contributed by atoms with Crippen molar-refractivity contribution in [2.75, 3.05) is 11.5 Å². The molecule has 160 valence electrons. The number of aromatic carboxylic acids is 4. The van der Waals surface area contributed by atoms with Gasteiger partial charge in [-0.15, -0.1) is 0 Å². The van der Waals surface area contributed by atoms with E-state index in [0.29, 0.717) is 10.7 Å². The Hall–Kier alpha value is -1.16. The zero-order chi connectivity index (χ0) is 23.5. The van der Waals surface area contributed by atoms with Crippen molar-refractivity contribution in [2.45, 2.75) is 0 Å². The molecule has 0 aliphatic rings. The molecule has 2 rings (SSSR count). The van der Waals surface area contributed by atoms with Gasteiger partial charge in [-0.2, -0.15) is 0 Å². The maximum atomic E-state index is 10.9. The van der Waals surface area contributed by atoms with Crippen molar-refractivity contribution >= 4 is 126 Å². The zero-order valence-electron chi connectivity index (χ0n) is 14.2. The van der Waals surface area contributed by atoms with Crippen LogP contribution in [0.4, 0.5) is 11.4 Å². The van der Waals surface area contributed by atoms with Crippen LogP contribution in [0.15, 0.2) is 12.1 Å². The highest BCUT2D eigenvalue weighted by atomic mass is 127. The third-order valence-electron chi connectivity index (χ3n) is 3.37. The van der Waals surface area contributed by atoms with Gasteiger partial charge in [0.1, 0.15) is 0 Å². The molecule has 8 N–H and O–H groups in total. The molecule has 0 heterocycles. The highest BCUT2D eigenvalue weighted by Crippen LogP contribution is 2.29. The molecule has 2 aromatic rings. The van der Waals surface area contributed by atoms with E-state index in [9.17, 15) is 19.2 Å². The van der Waals surface area contributed by atoms with Crippen LogP contribution < -0.4 is 11.5 Å². The minimum atomic E-state index is -1.19. The summed E-state index contributed by atoms with van der Waals surface area (Å²) in [6.45, 7) is 0. The number of rotatable bonds is 4. The number of hydrogen-bond donors (Lipinski definition) is 6. The summed E-state index contributed by atoms with van der Waals surface area (Å²) in [5, 5.41) is 35.4. The van der Waals surface area contributed by atoms with Crippen LogP contribution in [0.1, 0.15) is 41.4 Å². The summed E-state index contributed by atoms with van der Waals surface area (Å²) in [7, 11) is 0. The van der Waals surface area contributed by atoms with Gasteiger partial charge in [0.25, 0.3) is 0 Å². The molecule has 0 bridgehead atoms. The predicted molar refractivity (Wildman–Crippen MR) is 140 cm³/mol. The average molecular weight is 866 g/mol. The molecule has 0 saturated heterocycles. The molecule has 0 unspecified atom stereocenters. The average Bonchev–Trinajstić information content (AvgIpc) is 2.62. The van der Waals surface area contributed by atoms with Gasteiger partial charge in [-0.3, -0.25) is 0 Å². The van der Waals surface area contributed by atoms with Crippen LogP contribution in [0.2, 0.25) is 0 Å². The number of hydrogen-bond acceptors (Lipinski definition) is 6. The van der Waals surface area contributed by atoms with Crippen molar-refractivity contribution in [1.29, 1.82) is 0 Å². The van der Waals surface area contributed by atoms with Gasteiger partial charge in [0.15, 0.2) is 0 Å². The molecule has 0 amide bonds. The molecule has 14 heteroatoms. The second-order valence-corrected chi connectivity index (χ2v) is 9.57. The third-order valence-corrected chi connectivity index (χ3v) is 7.98. The van der Waals surface area contributed by atoms with Crippen LogP contribution in [0.5, 0.6) is 0 Å². The Balaban J connectivity index is 0.000000300. The molecule has 10 nitrogen and oxygen atoms in total. The molecular weight excluding hydrogens is 856 g/mol. The van der Waals surface area contributed by atoms with E-state index in [1.54, 1.807) is 90.4 Å². The summed E-state index contributed by atoms with van der Waals surface area (Å²) < 4.78 is 1.25. The van der Waals surface area contributed by atoms with E-state index in [1.165, 1.54) is 6.07 Å². The number of carboxylic acid groups (broad SMARTS) is 4. The fourth-order valence-corrected chi connectivity index (χ4v) is 5.86. The van der Waals surface area contributed by atoms with Crippen molar-refractivity contribution in [1.82, 2.24) is 0 Å². The lowest BCUT2D eigenvalue weighted by molar-refractivity contribution is 0.0674. The standard InChI is InChI=1S/2C8H5I2NO4/c9-5-2(7(12)13)1-3(11)6(10)4(5)8(14)15;9-4-2(7(12)13)1-3(8(14)15)5(10)6(4)11/h2*1H,11H2,(H,12,13)(H,14,15). The molecule has 30 heavy (non-hydrogen) atoms. The Morgan fingerprint density at radius 3 is 1.30 bits per heavy atom. The lowest BCUT2D eigenvalue weighted by atomic mass is 10.1. The Labute approximate surface area is 223 Å². The van der Waals surface area contributed by atoms with Gasteiger partial charge in [-0.05, 0) is 102 Å². The molecular formula is C16H10I4N2O8. The fraction of sp³-hybridized carbons (Fsp3) is 0. The maximum Gasteiger partial charge on any atom is 0.337 e. The summed E-state index contributed by atoms with van der Waals surface area (Å²) in [5.74, 6) is -4.75. The van der Waals surface area contributed by atoms with E-state index in [2.05, 4.69) is 0 Å². The molecule has 0 aliphatic carbocycles. The van der Waals surface area contributed by atoms with Crippen LogP contribution in [0.3, 0.4) is 0 Å². The number of carboxylic acids is 4. The van der Waals surface area contributed by atoms with E-state index in [-0.39, 0.29) is 37.2 Å². The third kappa shape index (κ3) is 5.96. The summed E-state index contributed by atoms with van der Waals surface area (Å²) in [4.78, 5) is 43.3. The topological polar surface area (TPSA) is 201 Å². The number of anilines is 2. The van der Waals surface area contributed by atoms with Gasteiger partial charge in [-0.25, -0.2) is 19.2 Å². The quantitative estimate of drug-likeness (QED) is 0.194. The van der Waals surface area contributed by atoms with Gasteiger partial charge < -0.3 is 31.9 Å². The highest BCUT2D eigenvalue weighted by Gasteiger charge is 2.22. The SMILES string of the molecule is Nc1c(I)c(C(=O)O)cc(C(=O)O)c1I.Nc1cc(C(=O)O)c(I)c(C(=O)O)c1I. The van der Waals surface area contributed by atoms with Crippen molar-refractivity contribution < 1.29 is 39.6 Å². The number of carbonyl (C=O) groups is 4. The molecule has 0 aromatic heterocycles. The predicted octanol–water partition coefficient (Wildman–Crippen LogP) is 3.75. The van der Waals surface area contributed by atoms with E-state index >= 15 is 0 Å². The normalized spacial score (nSPS) is 10.0. The van der Waals surface area contributed by atoms with Crippen molar-refractivity contribution in [2.24, 2.45) is 0 Å². The first-order valence-electron chi connectivity index (χ1n) is 7.20. The number of halogens is 4. The monoisotopic (exact) mass is 866 g/mol. The lowest BCUT2D eigenvalue weighted by Crippen LogP contribution is -2.11. The maximum absolute atomic E-state index is 10.9. The minimum absolute atomic E-state index is 0.0615. The second kappa shape index (κ2) is 10.9. The van der Waals surface area contributed by atoms with Crippen molar-refractivity contribution in [3.05, 3.63) is 48.7 Å². The van der Waals surface area contributed by atoms with E-state index in [0.717, 1.165) is 6.07 Å². The zero-order valence-corrected chi connectivity index (χ0v) is 22.9.